The van der Waals surface area contributed by atoms with Gasteiger partial charge in [-0.3, -0.25) is 5.32 Å². The van der Waals surface area contributed by atoms with Crippen LogP contribution >= 0.6 is 0 Å². The normalized spacial score (nSPS) is 18.3. The standard InChI is InChI=1S/C53H42N4/c1-54-51(38-18-6-2-7-19-38)57-52(39-20-8-3-9-21-39)55(57)36-37-30-32-42(33-31-37)56-49-29-17-15-27-44(49)46-34-48-45(35-50(46)56)43-26-14-16-28-47(43)53(48,40-22-10-4-11-23-40)41-24-12-5-13-25-41/h2-35,51-52,54H,36H2,1H3. The van der Waals surface area contributed by atoms with E-state index in [9.17, 15) is 0 Å². The second kappa shape index (κ2) is 13.6. The van der Waals surface area contributed by atoms with Gasteiger partial charge in [-0.25, -0.2) is 5.01 Å². The van der Waals surface area contributed by atoms with Crippen LogP contribution in [0.1, 0.15) is 51.3 Å². The second-order valence-corrected chi connectivity index (χ2v) is 15.3. The van der Waals surface area contributed by atoms with E-state index in [0.717, 1.165) is 12.2 Å². The first-order valence-electron chi connectivity index (χ1n) is 20.0. The van der Waals surface area contributed by atoms with E-state index >= 15 is 0 Å². The van der Waals surface area contributed by atoms with Crippen LogP contribution in [-0.4, -0.2) is 21.6 Å². The SMILES string of the molecule is CNC(c1ccccc1)N1C(c2ccccc2)N1Cc1ccc(-n2c3ccccc3c3cc4c(cc32)-c2ccccc2C4(c2ccccc2)c2ccccc2)cc1. The topological polar surface area (TPSA) is 23.0 Å². The van der Waals surface area contributed by atoms with Gasteiger partial charge in [-0.05, 0) is 87.5 Å². The van der Waals surface area contributed by atoms with Gasteiger partial charge >= 0.3 is 0 Å². The van der Waals surface area contributed by atoms with Gasteiger partial charge in [0.2, 0.25) is 0 Å². The van der Waals surface area contributed by atoms with E-state index in [4.69, 9.17) is 0 Å². The van der Waals surface area contributed by atoms with Crippen molar-refractivity contribution >= 4 is 21.8 Å². The van der Waals surface area contributed by atoms with E-state index in [2.05, 4.69) is 226 Å². The summed E-state index contributed by atoms with van der Waals surface area (Å²) in [6.07, 6.45) is 0.257. The number of hydrogen-bond donors (Lipinski definition) is 1. The molecule has 1 fully saturated rings. The fraction of sp³-hybridized carbons (Fsp3) is 0.0943. The van der Waals surface area contributed by atoms with Crippen molar-refractivity contribution in [1.82, 2.24) is 19.9 Å². The number of fused-ring (bicyclic) bond motifs is 6. The van der Waals surface area contributed by atoms with E-state index in [0.29, 0.717) is 0 Å². The summed E-state index contributed by atoms with van der Waals surface area (Å²) >= 11 is 0. The summed E-state index contributed by atoms with van der Waals surface area (Å²) < 4.78 is 2.46. The molecule has 274 valence electrons. The van der Waals surface area contributed by atoms with Gasteiger partial charge in [0, 0.05) is 23.0 Å². The predicted molar refractivity (Wildman–Crippen MR) is 233 cm³/mol. The van der Waals surface area contributed by atoms with E-state index in [1.54, 1.807) is 0 Å². The fourth-order valence-electron chi connectivity index (χ4n) is 9.83. The average Bonchev–Trinajstić information content (AvgIpc) is 3.76. The zero-order chi connectivity index (χ0) is 37.9. The Hall–Kier alpha value is -6.56. The van der Waals surface area contributed by atoms with Crippen molar-refractivity contribution in [2.45, 2.75) is 24.3 Å². The lowest BCUT2D eigenvalue weighted by atomic mass is 9.67. The molecule has 4 nitrogen and oxygen atoms in total. The molecule has 0 bridgehead atoms. The molecule has 11 rings (SSSR count). The number of hydrazine groups is 1. The van der Waals surface area contributed by atoms with Gasteiger partial charge in [-0.1, -0.05) is 176 Å². The van der Waals surface area contributed by atoms with Crippen LogP contribution in [0.25, 0.3) is 38.6 Å². The molecule has 2 aliphatic rings. The minimum absolute atomic E-state index is 0.0719. The largest absolute Gasteiger partial charge is 0.309 e. The number of benzene rings is 8. The Kier molecular flexibility index (Phi) is 8.04. The smallest absolute Gasteiger partial charge is 0.117 e. The zero-order valence-electron chi connectivity index (χ0n) is 31.8. The Morgan fingerprint density at radius 3 is 1.81 bits per heavy atom. The molecule has 57 heavy (non-hydrogen) atoms. The Balaban J connectivity index is 1.03. The first-order valence-corrected chi connectivity index (χ1v) is 20.0. The van der Waals surface area contributed by atoms with Crippen molar-refractivity contribution in [3.63, 3.8) is 0 Å². The van der Waals surface area contributed by atoms with Crippen LogP contribution in [0.15, 0.2) is 206 Å². The molecular weight excluding hydrogens is 693 g/mol. The first-order chi connectivity index (χ1) is 28.3. The number of para-hydroxylation sites is 1. The molecule has 1 aromatic heterocycles. The monoisotopic (exact) mass is 734 g/mol. The molecule has 4 atom stereocenters. The molecule has 2 heterocycles. The van der Waals surface area contributed by atoms with Crippen molar-refractivity contribution in [3.05, 3.63) is 245 Å². The number of hydrogen-bond acceptors (Lipinski definition) is 3. The molecule has 8 aromatic carbocycles. The van der Waals surface area contributed by atoms with Gasteiger partial charge in [0.05, 0.1) is 16.4 Å². The predicted octanol–water partition coefficient (Wildman–Crippen LogP) is 11.8. The average molecular weight is 735 g/mol. The Morgan fingerprint density at radius 1 is 0.526 bits per heavy atom. The van der Waals surface area contributed by atoms with E-state index < -0.39 is 5.41 Å². The highest BCUT2D eigenvalue weighted by atomic mass is 15.9. The summed E-state index contributed by atoms with van der Waals surface area (Å²) in [5.74, 6) is 0. The molecule has 0 radical (unpaired) electrons. The van der Waals surface area contributed by atoms with Crippen molar-refractivity contribution < 1.29 is 0 Å². The molecule has 4 heteroatoms. The Bertz CT molecular complexity index is 2830. The highest BCUT2D eigenvalue weighted by molar-refractivity contribution is 6.11. The first kappa shape index (κ1) is 33.8. The molecular formula is C53H42N4. The minimum atomic E-state index is -0.441. The van der Waals surface area contributed by atoms with Crippen LogP contribution in [0.2, 0.25) is 0 Å². The Labute approximate surface area is 333 Å². The summed E-state index contributed by atoms with van der Waals surface area (Å²) in [7, 11) is 2.05. The highest BCUT2D eigenvalue weighted by Crippen LogP contribution is 2.57. The number of rotatable bonds is 9. The second-order valence-electron chi connectivity index (χ2n) is 15.3. The molecule has 0 saturated carbocycles. The number of aromatic nitrogens is 1. The summed E-state index contributed by atoms with van der Waals surface area (Å²) in [5, 5.41) is 11.1. The van der Waals surface area contributed by atoms with Crippen LogP contribution in [0.5, 0.6) is 0 Å². The van der Waals surface area contributed by atoms with Crippen molar-refractivity contribution in [1.29, 1.82) is 0 Å². The fourth-order valence-corrected chi connectivity index (χ4v) is 9.83. The van der Waals surface area contributed by atoms with Gasteiger partial charge < -0.3 is 4.57 Å². The van der Waals surface area contributed by atoms with Gasteiger partial charge in [0.25, 0.3) is 0 Å². The third-order valence-electron chi connectivity index (χ3n) is 12.3. The van der Waals surface area contributed by atoms with Crippen LogP contribution in [-0.2, 0) is 12.0 Å². The van der Waals surface area contributed by atoms with Crippen LogP contribution in [0.4, 0.5) is 0 Å². The maximum Gasteiger partial charge on any atom is 0.117 e. The third kappa shape index (κ3) is 5.26. The van der Waals surface area contributed by atoms with Gasteiger partial charge in [0.1, 0.15) is 12.3 Å². The van der Waals surface area contributed by atoms with E-state index in [-0.39, 0.29) is 12.3 Å². The zero-order valence-corrected chi connectivity index (χ0v) is 31.8. The number of nitrogens with zero attached hydrogens (tertiary/aromatic N) is 3. The summed E-state index contributed by atoms with van der Waals surface area (Å²) in [5.41, 5.74) is 14.8. The molecule has 1 aliphatic heterocycles. The number of nitrogens with one attached hydrogen (secondary N) is 1. The Morgan fingerprint density at radius 2 is 1.12 bits per heavy atom. The lowest BCUT2D eigenvalue weighted by molar-refractivity contribution is 0.209. The van der Waals surface area contributed by atoms with Crippen LogP contribution in [0, 0.1) is 0 Å². The van der Waals surface area contributed by atoms with Gasteiger partial charge in [-0.15, -0.1) is 0 Å². The molecule has 1 aliphatic carbocycles. The van der Waals surface area contributed by atoms with Crippen molar-refractivity contribution in [2.24, 2.45) is 0 Å². The summed E-state index contributed by atoms with van der Waals surface area (Å²) in [4.78, 5) is 0. The summed E-state index contributed by atoms with van der Waals surface area (Å²) in [6.45, 7) is 0.809. The molecule has 0 amide bonds. The van der Waals surface area contributed by atoms with Crippen molar-refractivity contribution in [3.8, 4) is 16.8 Å². The quantitative estimate of drug-likeness (QED) is 0.149. The van der Waals surface area contributed by atoms with E-state index in [1.165, 1.54) is 71.9 Å². The van der Waals surface area contributed by atoms with Gasteiger partial charge in [-0.2, -0.15) is 5.01 Å². The maximum atomic E-state index is 3.59. The van der Waals surface area contributed by atoms with Gasteiger partial charge in [0.15, 0.2) is 0 Å². The molecule has 4 unspecified atom stereocenters. The van der Waals surface area contributed by atoms with Crippen LogP contribution < -0.4 is 5.32 Å². The molecule has 0 spiro atoms. The minimum Gasteiger partial charge on any atom is -0.309 e. The van der Waals surface area contributed by atoms with Crippen molar-refractivity contribution in [2.75, 3.05) is 7.05 Å². The molecule has 1 N–H and O–H groups in total. The third-order valence-corrected chi connectivity index (χ3v) is 12.3. The van der Waals surface area contributed by atoms with E-state index in [1.807, 2.05) is 7.05 Å². The lowest BCUT2D eigenvalue weighted by Gasteiger charge is -2.33. The lowest BCUT2D eigenvalue weighted by Crippen LogP contribution is -2.28. The highest BCUT2D eigenvalue weighted by Gasteiger charge is 2.50. The maximum absolute atomic E-state index is 3.59. The van der Waals surface area contributed by atoms with Crippen LogP contribution in [0.3, 0.4) is 0 Å². The molecule has 9 aromatic rings. The summed E-state index contributed by atoms with van der Waals surface area (Å²) in [6, 6.07) is 75.8. The molecule has 1 saturated heterocycles.